The number of rotatable bonds is 8. The number of nitrogens with zero attached hydrogens (tertiary/aromatic N) is 2. The summed E-state index contributed by atoms with van der Waals surface area (Å²) in [5.41, 5.74) is -0.568. The van der Waals surface area contributed by atoms with Crippen molar-refractivity contribution < 1.29 is 20.1 Å². The van der Waals surface area contributed by atoms with Crippen molar-refractivity contribution in [2.24, 2.45) is 0 Å². The Bertz CT molecular complexity index is 388. The quantitative estimate of drug-likeness (QED) is 0.514. The van der Waals surface area contributed by atoms with Gasteiger partial charge in [0.05, 0.1) is 26.4 Å². The summed E-state index contributed by atoms with van der Waals surface area (Å²) in [5.74, 6) is 0.614. The van der Waals surface area contributed by atoms with Crippen LogP contribution in [0, 0.1) is 6.92 Å². The van der Waals surface area contributed by atoms with Crippen molar-refractivity contribution in [2.75, 3.05) is 31.7 Å². The van der Waals surface area contributed by atoms with E-state index in [4.69, 9.17) is 4.74 Å². The molecule has 0 aliphatic heterocycles. The summed E-state index contributed by atoms with van der Waals surface area (Å²) in [5, 5.41) is 30.5. The molecule has 0 radical (unpaired) electrons. The van der Waals surface area contributed by atoms with Gasteiger partial charge in [-0.25, -0.2) is 4.98 Å². The topological polar surface area (TPSA) is 108 Å². The van der Waals surface area contributed by atoms with Crippen molar-refractivity contribution in [2.45, 2.75) is 25.8 Å². The van der Waals surface area contributed by atoms with Gasteiger partial charge in [0, 0.05) is 11.8 Å². The summed E-state index contributed by atoms with van der Waals surface area (Å²) in [4.78, 5) is 8.26. The summed E-state index contributed by atoms with van der Waals surface area (Å²) in [6, 6.07) is 1.69. The van der Waals surface area contributed by atoms with Gasteiger partial charge in [0.25, 0.3) is 0 Å². The van der Waals surface area contributed by atoms with Gasteiger partial charge in [0.2, 0.25) is 11.8 Å². The number of aryl methyl sites for hydroxylation is 1. The molecule has 1 aromatic rings. The molecule has 1 rings (SSSR count). The van der Waals surface area contributed by atoms with Crippen molar-refractivity contribution in [1.82, 2.24) is 9.97 Å². The second kappa shape index (κ2) is 7.22. The Labute approximate surface area is 112 Å². The van der Waals surface area contributed by atoms with Crippen LogP contribution in [0.15, 0.2) is 6.07 Å². The zero-order valence-corrected chi connectivity index (χ0v) is 11.3. The molecule has 108 valence electrons. The maximum absolute atomic E-state index is 9.25. The van der Waals surface area contributed by atoms with Gasteiger partial charge >= 0.3 is 0 Å². The monoisotopic (exact) mass is 271 g/mol. The lowest BCUT2D eigenvalue weighted by atomic mass is 10.0. The fourth-order valence-corrected chi connectivity index (χ4v) is 1.38. The summed E-state index contributed by atoms with van der Waals surface area (Å²) >= 11 is 0. The van der Waals surface area contributed by atoms with Crippen LogP contribution in [-0.4, -0.2) is 57.3 Å². The van der Waals surface area contributed by atoms with E-state index in [0.29, 0.717) is 18.2 Å². The van der Waals surface area contributed by atoms with E-state index in [1.54, 1.807) is 13.0 Å². The van der Waals surface area contributed by atoms with Crippen LogP contribution in [0.25, 0.3) is 0 Å². The van der Waals surface area contributed by atoms with Crippen LogP contribution >= 0.6 is 0 Å². The zero-order valence-electron chi connectivity index (χ0n) is 11.3. The first kappa shape index (κ1) is 15.6. The van der Waals surface area contributed by atoms with E-state index >= 15 is 0 Å². The predicted molar refractivity (Wildman–Crippen MR) is 70.2 cm³/mol. The third-order valence-corrected chi connectivity index (χ3v) is 2.57. The van der Waals surface area contributed by atoms with Gasteiger partial charge in [0.1, 0.15) is 5.54 Å². The summed E-state index contributed by atoms with van der Waals surface area (Å²) in [6.07, 6.45) is 0.861. The molecule has 0 amide bonds. The minimum absolute atomic E-state index is 0.197. The average molecular weight is 271 g/mol. The van der Waals surface area contributed by atoms with Gasteiger partial charge in [-0.1, -0.05) is 6.92 Å². The predicted octanol–water partition coefficient (Wildman–Crippen LogP) is -0.299. The minimum atomic E-state index is -1.25. The van der Waals surface area contributed by atoms with E-state index in [9.17, 15) is 15.3 Å². The Balaban J connectivity index is 2.90. The van der Waals surface area contributed by atoms with Gasteiger partial charge in [0.15, 0.2) is 0 Å². The van der Waals surface area contributed by atoms with E-state index in [2.05, 4.69) is 15.3 Å². The molecule has 0 saturated heterocycles. The fraction of sp³-hybridized carbons (Fsp3) is 0.667. The normalized spacial score (nSPS) is 11.4. The van der Waals surface area contributed by atoms with E-state index in [-0.39, 0.29) is 5.95 Å². The highest BCUT2D eigenvalue weighted by Gasteiger charge is 2.29. The number of nitrogens with one attached hydrogen (secondary N) is 1. The van der Waals surface area contributed by atoms with Crippen LogP contribution in [-0.2, 0) is 0 Å². The zero-order chi connectivity index (χ0) is 14.3. The number of aromatic nitrogens is 2. The molecule has 7 nitrogen and oxygen atoms in total. The molecule has 7 heteroatoms. The third kappa shape index (κ3) is 4.30. The number of aliphatic hydroxyl groups is 3. The number of anilines is 1. The molecular formula is C12H21N3O4. The lowest BCUT2D eigenvalue weighted by molar-refractivity contribution is 0.0827. The smallest absolute Gasteiger partial charge is 0.226 e. The first-order valence-electron chi connectivity index (χ1n) is 6.18. The maximum Gasteiger partial charge on any atom is 0.226 e. The van der Waals surface area contributed by atoms with Crippen LogP contribution in [0.2, 0.25) is 0 Å². The largest absolute Gasteiger partial charge is 0.478 e. The molecular weight excluding hydrogens is 250 g/mol. The number of hydrogen-bond acceptors (Lipinski definition) is 7. The van der Waals surface area contributed by atoms with Gasteiger partial charge < -0.3 is 25.4 Å². The van der Waals surface area contributed by atoms with Crippen LogP contribution in [0.5, 0.6) is 5.88 Å². The van der Waals surface area contributed by atoms with Gasteiger partial charge in [-0.2, -0.15) is 4.98 Å². The minimum Gasteiger partial charge on any atom is -0.478 e. The van der Waals surface area contributed by atoms with Crippen LogP contribution in [0.1, 0.15) is 19.0 Å². The molecule has 1 aromatic heterocycles. The fourth-order valence-electron chi connectivity index (χ4n) is 1.38. The van der Waals surface area contributed by atoms with Crippen molar-refractivity contribution in [3.05, 3.63) is 11.8 Å². The van der Waals surface area contributed by atoms with E-state index in [0.717, 1.165) is 6.42 Å². The Hall–Kier alpha value is -1.44. The molecule has 4 N–H and O–H groups in total. The highest BCUT2D eigenvalue weighted by molar-refractivity contribution is 5.34. The van der Waals surface area contributed by atoms with Gasteiger partial charge in [-0.05, 0) is 13.3 Å². The lowest BCUT2D eigenvalue weighted by Gasteiger charge is -2.28. The molecule has 0 saturated carbocycles. The highest BCUT2D eigenvalue weighted by Crippen LogP contribution is 2.16. The van der Waals surface area contributed by atoms with Crippen LogP contribution in [0.3, 0.4) is 0 Å². The maximum atomic E-state index is 9.25. The third-order valence-electron chi connectivity index (χ3n) is 2.57. The highest BCUT2D eigenvalue weighted by atomic mass is 16.5. The molecule has 0 aliphatic carbocycles. The molecule has 19 heavy (non-hydrogen) atoms. The second-order valence-corrected chi connectivity index (χ2v) is 4.40. The van der Waals surface area contributed by atoms with Crippen molar-refractivity contribution >= 4 is 5.95 Å². The molecule has 0 unspecified atom stereocenters. The standard InChI is InChI=1S/C12H21N3O4/c1-3-4-19-10-5-9(2)13-11(14-10)15-12(6-16,7-17)8-18/h5,16-18H,3-4,6-8H2,1-2H3,(H,13,14,15). The first-order chi connectivity index (χ1) is 9.09. The average Bonchev–Trinajstić information content (AvgIpc) is 2.42. The van der Waals surface area contributed by atoms with E-state index < -0.39 is 25.4 Å². The second-order valence-electron chi connectivity index (χ2n) is 4.40. The lowest BCUT2D eigenvalue weighted by Crippen LogP contribution is -2.49. The van der Waals surface area contributed by atoms with Crippen molar-refractivity contribution in [1.29, 1.82) is 0 Å². The van der Waals surface area contributed by atoms with E-state index in [1.165, 1.54) is 0 Å². The summed E-state index contributed by atoms with van der Waals surface area (Å²) in [6.45, 7) is 2.99. The molecule has 0 fully saturated rings. The Kier molecular flexibility index (Phi) is 5.94. The molecule has 1 heterocycles. The SMILES string of the molecule is CCCOc1cc(C)nc(NC(CO)(CO)CO)n1. The summed E-state index contributed by atoms with van der Waals surface area (Å²) in [7, 11) is 0. The molecule has 0 spiro atoms. The van der Waals surface area contributed by atoms with E-state index in [1.807, 2.05) is 6.92 Å². The van der Waals surface area contributed by atoms with Crippen molar-refractivity contribution in [3.63, 3.8) is 0 Å². The van der Waals surface area contributed by atoms with Crippen LogP contribution in [0.4, 0.5) is 5.95 Å². The van der Waals surface area contributed by atoms with Gasteiger partial charge in [-0.3, -0.25) is 0 Å². The number of aliphatic hydroxyl groups excluding tert-OH is 3. The van der Waals surface area contributed by atoms with Crippen LogP contribution < -0.4 is 10.1 Å². The molecule has 0 aliphatic rings. The van der Waals surface area contributed by atoms with Gasteiger partial charge in [-0.15, -0.1) is 0 Å². The number of hydrogen-bond donors (Lipinski definition) is 4. The van der Waals surface area contributed by atoms with Crippen molar-refractivity contribution in [3.8, 4) is 5.88 Å². The molecule has 0 bridgehead atoms. The summed E-state index contributed by atoms with van der Waals surface area (Å²) < 4.78 is 5.41. The molecule has 0 aromatic carbocycles. The Morgan fingerprint density at radius 3 is 2.37 bits per heavy atom. The Morgan fingerprint density at radius 2 is 1.84 bits per heavy atom. The number of ether oxygens (including phenoxy) is 1. The first-order valence-corrected chi connectivity index (χ1v) is 6.18. The molecule has 0 atom stereocenters. The Morgan fingerprint density at radius 1 is 1.21 bits per heavy atom.